The number of pyridine rings is 1. The lowest BCUT2D eigenvalue weighted by Crippen LogP contribution is -2.46. The molecule has 3 aliphatic heterocycles. The van der Waals surface area contributed by atoms with Gasteiger partial charge in [-0.3, -0.25) is 14.7 Å². The number of hydrogen-bond acceptors (Lipinski definition) is 6. The molecule has 0 spiro atoms. The van der Waals surface area contributed by atoms with Crippen LogP contribution in [0.15, 0.2) is 60.2 Å². The molecule has 10 heteroatoms. The number of hydrogen-bond donors (Lipinski definition) is 3. The number of aliphatic hydroxyl groups is 1. The van der Waals surface area contributed by atoms with Gasteiger partial charge < -0.3 is 20.6 Å². The van der Waals surface area contributed by atoms with Gasteiger partial charge in [0.1, 0.15) is 11.9 Å². The van der Waals surface area contributed by atoms with Crippen molar-refractivity contribution in [1.29, 1.82) is 0 Å². The summed E-state index contributed by atoms with van der Waals surface area (Å²) in [6.07, 6.45) is 3.51. The Morgan fingerprint density at radius 3 is 2.87 bits per heavy atom. The maximum atomic E-state index is 13.6. The third-order valence-corrected chi connectivity index (χ3v) is 5.28. The molecule has 30 heavy (non-hydrogen) atoms. The maximum Gasteiger partial charge on any atom is 0.414 e. The number of likely N-dealkylation sites (tertiary alicyclic amines) is 1. The second-order valence-electron chi connectivity index (χ2n) is 7.43. The summed E-state index contributed by atoms with van der Waals surface area (Å²) in [6.45, 7) is 1.76. The highest BCUT2D eigenvalue weighted by Gasteiger charge is 2.44. The molecule has 1 saturated heterocycles. The molecule has 4 rings (SSSR count). The second-order valence-corrected chi connectivity index (χ2v) is 7.43. The van der Waals surface area contributed by atoms with Crippen molar-refractivity contribution in [3.63, 3.8) is 0 Å². The van der Waals surface area contributed by atoms with E-state index in [2.05, 4.69) is 20.5 Å². The smallest absolute Gasteiger partial charge is 0.392 e. The minimum absolute atomic E-state index is 0.0746. The lowest BCUT2D eigenvalue weighted by molar-refractivity contribution is -0.163. The zero-order valence-corrected chi connectivity index (χ0v) is 16.0. The van der Waals surface area contributed by atoms with Gasteiger partial charge in [-0.25, -0.2) is 0 Å². The summed E-state index contributed by atoms with van der Waals surface area (Å²) in [5, 5.41) is 14.9. The molecule has 0 saturated carbocycles. The highest BCUT2D eigenvalue weighted by atomic mass is 19.4. The number of alkyl halides is 3. The van der Waals surface area contributed by atoms with E-state index in [-0.39, 0.29) is 23.7 Å². The van der Waals surface area contributed by atoms with Crippen LogP contribution in [0.25, 0.3) is 0 Å². The Balaban J connectivity index is 1.53. The predicted molar refractivity (Wildman–Crippen MR) is 102 cm³/mol. The Kier molecular flexibility index (Phi) is 5.52. The molecule has 3 N–H and O–H groups in total. The van der Waals surface area contributed by atoms with Crippen molar-refractivity contribution >= 4 is 5.91 Å². The monoisotopic (exact) mass is 421 g/mol. The van der Waals surface area contributed by atoms with Crippen LogP contribution >= 0.6 is 0 Å². The quantitative estimate of drug-likeness (QED) is 0.667. The molecule has 0 aliphatic carbocycles. The van der Waals surface area contributed by atoms with Crippen LogP contribution in [0.1, 0.15) is 18.2 Å². The molecule has 1 fully saturated rings. The summed E-state index contributed by atoms with van der Waals surface area (Å²) in [5.74, 6) is -0.855. The van der Waals surface area contributed by atoms with Crippen LogP contribution in [0.4, 0.5) is 13.2 Å². The van der Waals surface area contributed by atoms with Crippen molar-refractivity contribution in [3.05, 3.63) is 65.9 Å². The fourth-order valence-electron chi connectivity index (χ4n) is 3.86. The average molecular weight is 421 g/mol. The van der Waals surface area contributed by atoms with Crippen molar-refractivity contribution in [3.8, 4) is 0 Å². The Morgan fingerprint density at radius 2 is 2.20 bits per heavy atom. The summed E-state index contributed by atoms with van der Waals surface area (Å²) in [7, 11) is 0. The van der Waals surface area contributed by atoms with Gasteiger partial charge in [0.05, 0.1) is 17.5 Å². The zero-order valence-electron chi connectivity index (χ0n) is 16.0. The molecule has 1 aromatic rings. The molecule has 1 aromatic heterocycles. The van der Waals surface area contributed by atoms with E-state index in [1.165, 1.54) is 24.4 Å². The van der Waals surface area contributed by atoms with Crippen LogP contribution in [0.5, 0.6) is 0 Å². The largest absolute Gasteiger partial charge is 0.414 e. The highest BCUT2D eigenvalue weighted by Crippen LogP contribution is 2.33. The van der Waals surface area contributed by atoms with Crippen LogP contribution < -0.4 is 10.6 Å². The Bertz CT molecular complexity index is 884. The molecule has 4 heterocycles. The Morgan fingerprint density at radius 1 is 1.37 bits per heavy atom. The lowest BCUT2D eigenvalue weighted by atomic mass is 10.1. The highest BCUT2D eigenvalue weighted by molar-refractivity contribution is 5.95. The van der Waals surface area contributed by atoms with Gasteiger partial charge in [-0.2, -0.15) is 13.2 Å². The predicted octanol–water partition coefficient (Wildman–Crippen LogP) is 1.39. The fourth-order valence-corrected chi connectivity index (χ4v) is 3.86. The number of fused-ring (bicyclic) bond motifs is 1. The molecule has 3 unspecified atom stereocenters. The van der Waals surface area contributed by atoms with Crippen LogP contribution in [0.2, 0.25) is 0 Å². The number of nitrogens with one attached hydrogen (secondary N) is 2. The van der Waals surface area contributed by atoms with Gasteiger partial charge >= 0.3 is 6.18 Å². The standard InChI is InChI=1S/C20H22F3N5O2/c21-20(22,23)18(14-5-1-3-8-24-14)26-19(30)17-15-6-2-4-9-28(15)16(25-17)12-27-10-7-13(29)11-27/h1-6,8-9,13,16,18,25,29H,7,10-12H2,(H,26,30). The molecule has 160 valence electrons. The van der Waals surface area contributed by atoms with Gasteiger partial charge in [0.25, 0.3) is 5.91 Å². The summed E-state index contributed by atoms with van der Waals surface area (Å²) in [6, 6.07) is 1.97. The first-order valence-corrected chi connectivity index (χ1v) is 9.66. The average Bonchev–Trinajstić information content (AvgIpc) is 3.30. The number of aliphatic hydroxyl groups excluding tert-OH is 1. The number of carbonyl (C=O) groups is 1. The molecule has 7 nitrogen and oxygen atoms in total. The number of carbonyl (C=O) groups excluding carboxylic acids is 1. The number of aromatic nitrogens is 1. The molecular formula is C20H22F3N5O2. The first-order chi connectivity index (χ1) is 14.3. The minimum Gasteiger partial charge on any atom is -0.392 e. The number of halogens is 3. The van der Waals surface area contributed by atoms with Crippen LogP contribution in [0.3, 0.4) is 0 Å². The molecule has 0 aromatic carbocycles. The van der Waals surface area contributed by atoms with Crippen molar-refractivity contribution in [1.82, 2.24) is 25.4 Å². The summed E-state index contributed by atoms with van der Waals surface area (Å²) >= 11 is 0. The SMILES string of the molecule is O=C(NC(c1ccccn1)C(F)(F)F)C1=C2C=CC=CN2C(CN2CCC(O)C2)N1. The maximum absolute atomic E-state index is 13.6. The fraction of sp³-hybridized carbons (Fsp3) is 0.400. The van der Waals surface area contributed by atoms with E-state index in [1.54, 1.807) is 24.4 Å². The Hall–Kier alpha value is -2.85. The molecule has 0 bridgehead atoms. The summed E-state index contributed by atoms with van der Waals surface area (Å²) < 4.78 is 40.8. The first-order valence-electron chi connectivity index (χ1n) is 9.66. The van der Waals surface area contributed by atoms with Crippen molar-refractivity contribution in [2.45, 2.75) is 30.9 Å². The summed E-state index contributed by atoms with van der Waals surface area (Å²) in [5.41, 5.74) is 0.299. The zero-order chi connectivity index (χ0) is 21.3. The lowest BCUT2D eigenvalue weighted by Gasteiger charge is -2.29. The van der Waals surface area contributed by atoms with Crippen molar-refractivity contribution in [2.75, 3.05) is 19.6 Å². The number of nitrogens with zero attached hydrogens (tertiary/aromatic N) is 3. The van der Waals surface area contributed by atoms with Gasteiger partial charge in [0.2, 0.25) is 0 Å². The van der Waals surface area contributed by atoms with E-state index in [4.69, 9.17) is 0 Å². The first kappa shape index (κ1) is 20.4. The van der Waals surface area contributed by atoms with Crippen LogP contribution in [0, 0.1) is 0 Å². The van der Waals surface area contributed by atoms with E-state index in [0.29, 0.717) is 25.2 Å². The Labute approximate surface area is 171 Å². The van der Waals surface area contributed by atoms with Crippen molar-refractivity contribution in [2.24, 2.45) is 0 Å². The minimum atomic E-state index is -4.69. The number of amides is 1. The number of rotatable bonds is 5. The van der Waals surface area contributed by atoms with E-state index >= 15 is 0 Å². The van der Waals surface area contributed by atoms with Gasteiger partial charge in [-0.15, -0.1) is 0 Å². The normalized spacial score (nSPS) is 24.7. The van der Waals surface area contributed by atoms with Crippen molar-refractivity contribution < 1.29 is 23.1 Å². The molecule has 0 radical (unpaired) electrons. The third-order valence-electron chi connectivity index (χ3n) is 5.28. The van der Waals surface area contributed by atoms with Gasteiger partial charge in [-0.05, 0) is 30.7 Å². The molecular weight excluding hydrogens is 399 g/mol. The van der Waals surface area contributed by atoms with Gasteiger partial charge in [-0.1, -0.05) is 12.1 Å². The van der Waals surface area contributed by atoms with E-state index < -0.39 is 18.1 Å². The van der Waals surface area contributed by atoms with E-state index in [0.717, 1.165) is 6.54 Å². The number of β-amino-alcohol motifs (C(OH)–C–C–N with tert-alkyl or cyclic N) is 1. The molecule has 1 amide bonds. The number of allylic oxidation sites excluding steroid dienone is 3. The topological polar surface area (TPSA) is 80.7 Å². The van der Waals surface area contributed by atoms with Crippen LogP contribution in [-0.4, -0.2) is 63.9 Å². The van der Waals surface area contributed by atoms with Gasteiger partial charge in [0.15, 0.2) is 6.04 Å². The van der Waals surface area contributed by atoms with Gasteiger partial charge in [0, 0.05) is 32.0 Å². The third kappa shape index (κ3) is 4.19. The van der Waals surface area contributed by atoms with E-state index in [1.807, 2.05) is 4.90 Å². The summed E-state index contributed by atoms with van der Waals surface area (Å²) in [4.78, 5) is 20.5. The second kappa shape index (κ2) is 8.11. The molecule has 3 atom stereocenters. The molecule has 3 aliphatic rings. The van der Waals surface area contributed by atoms with Crippen LogP contribution in [-0.2, 0) is 4.79 Å². The van der Waals surface area contributed by atoms with E-state index in [9.17, 15) is 23.1 Å².